The smallest absolute Gasteiger partial charge is 0.0668 e. The van der Waals surface area contributed by atoms with E-state index in [1.807, 2.05) is 18.4 Å². The van der Waals surface area contributed by atoms with Gasteiger partial charge in [0.05, 0.1) is 6.04 Å². The molecule has 1 N–H and O–H groups in total. The maximum absolute atomic E-state index is 3.44. The van der Waals surface area contributed by atoms with Crippen LogP contribution in [0.4, 0.5) is 0 Å². The second-order valence-electron chi connectivity index (χ2n) is 6.48. The molecule has 0 saturated carbocycles. The molecule has 0 bridgehead atoms. The molecule has 108 valence electrons. The van der Waals surface area contributed by atoms with Gasteiger partial charge in [0.15, 0.2) is 0 Å². The second kappa shape index (κ2) is 5.71. The minimum atomic E-state index is 0.212. The summed E-state index contributed by atoms with van der Waals surface area (Å²) in [7, 11) is 2.03. The molecule has 20 heavy (non-hydrogen) atoms. The summed E-state index contributed by atoms with van der Waals surface area (Å²) in [5.74, 6) is 0. The zero-order valence-corrected chi connectivity index (χ0v) is 14.2. The lowest BCUT2D eigenvalue weighted by molar-refractivity contribution is 0.589. The third kappa shape index (κ3) is 3.13. The normalized spacial score (nSPS) is 13.5. The molecule has 1 nitrogen and oxygen atoms in total. The molecule has 0 amide bonds. The van der Waals surface area contributed by atoms with Crippen molar-refractivity contribution in [3.05, 3.63) is 56.8 Å². The molecule has 2 rings (SSSR count). The molecular weight excluding hydrogens is 262 g/mol. The van der Waals surface area contributed by atoms with Crippen molar-refractivity contribution in [1.29, 1.82) is 0 Å². The van der Waals surface area contributed by atoms with Gasteiger partial charge in [-0.3, -0.25) is 0 Å². The van der Waals surface area contributed by atoms with Gasteiger partial charge in [-0.1, -0.05) is 45.0 Å². The highest BCUT2D eigenvalue weighted by Crippen LogP contribution is 2.31. The first-order valence-corrected chi connectivity index (χ1v) is 7.99. The van der Waals surface area contributed by atoms with Crippen LogP contribution in [0.15, 0.2) is 30.3 Å². The third-order valence-electron chi connectivity index (χ3n) is 3.87. The fraction of sp³-hybridized carbons (Fsp3) is 0.444. The number of hydrogen-bond donors (Lipinski definition) is 1. The maximum Gasteiger partial charge on any atom is 0.0668 e. The van der Waals surface area contributed by atoms with Crippen LogP contribution in [0.3, 0.4) is 0 Å². The van der Waals surface area contributed by atoms with Crippen molar-refractivity contribution < 1.29 is 0 Å². The van der Waals surface area contributed by atoms with E-state index >= 15 is 0 Å². The van der Waals surface area contributed by atoms with Gasteiger partial charge in [-0.2, -0.15) is 0 Å². The molecule has 0 spiro atoms. The van der Waals surface area contributed by atoms with E-state index < -0.39 is 0 Å². The molecule has 0 saturated heterocycles. The Balaban J connectivity index is 2.33. The van der Waals surface area contributed by atoms with Crippen molar-refractivity contribution in [1.82, 2.24) is 5.32 Å². The summed E-state index contributed by atoms with van der Waals surface area (Å²) in [6.45, 7) is 11.1. The zero-order valence-electron chi connectivity index (χ0n) is 13.4. The monoisotopic (exact) mass is 287 g/mol. The molecule has 0 radical (unpaired) electrons. The lowest BCUT2D eigenvalue weighted by Gasteiger charge is -2.21. The summed E-state index contributed by atoms with van der Waals surface area (Å²) in [5, 5.41) is 3.44. The second-order valence-corrected chi connectivity index (χ2v) is 7.77. The van der Waals surface area contributed by atoms with Gasteiger partial charge in [0.2, 0.25) is 0 Å². The molecule has 2 heteroatoms. The van der Waals surface area contributed by atoms with E-state index in [1.165, 1.54) is 26.4 Å². The standard InChI is InChI=1S/C18H25NS/c1-12-11-16(20-13(12)2)17(19-6)14-7-9-15(10-8-14)18(3,4)5/h7-11,17,19H,1-6H3. The highest BCUT2D eigenvalue weighted by atomic mass is 32.1. The third-order valence-corrected chi connectivity index (χ3v) is 5.09. The molecule has 1 heterocycles. The SMILES string of the molecule is CNC(c1ccc(C(C)(C)C)cc1)c1cc(C)c(C)s1. The first-order valence-electron chi connectivity index (χ1n) is 7.17. The number of aryl methyl sites for hydroxylation is 2. The van der Waals surface area contributed by atoms with E-state index in [9.17, 15) is 0 Å². The van der Waals surface area contributed by atoms with Gasteiger partial charge >= 0.3 is 0 Å². The van der Waals surface area contributed by atoms with Crippen LogP contribution >= 0.6 is 11.3 Å². The Morgan fingerprint density at radius 1 is 1.05 bits per heavy atom. The van der Waals surface area contributed by atoms with E-state index in [2.05, 4.69) is 70.3 Å². The van der Waals surface area contributed by atoms with Crippen LogP contribution in [0, 0.1) is 13.8 Å². The van der Waals surface area contributed by atoms with E-state index in [0.717, 1.165) is 0 Å². The van der Waals surface area contributed by atoms with E-state index in [0.29, 0.717) is 6.04 Å². The molecule has 0 aliphatic carbocycles. The number of hydrogen-bond acceptors (Lipinski definition) is 2. The fourth-order valence-corrected chi connectivity index (χ4v) is 3.57. The van der Waals surface area contributed by atoms with Gasteiger partial charge in [0.1, 0.15) is 0 Å². The molecule has 1 aromatic carbocycles. The number of rotatable bonds is 3. The van der Waals surface area contributed by atoms with Gasteiger partial charge in [-0.25, -0.2) is 0 Å². The summed E-state index contributed by atoms with van der Waals surface area (Å²) in [6.07, 6.45) is 0. The topological polar surface area (TPSA) is 12.0 Å². The summed E-state index contributed by atoms with van der Waals surface area (Å²) in [5.41, 5.74) is 4.32. The van der Waals surface area contributed by atoms with Crippen LogP contribution in [-0.4, -0.2) is 7.05 Å². The largest absolute Gasteiger partial charge is 0.309 e. The van der Waals surface area contributed by atoms with Gasteiger partial charge in [0, 0.05) is 9.75 Å². The molecule has 0 aliphatic heterocycles. The lowest BCUT2D eigenvalue weighted by Crippen LogP contribution is -2.17. The average molecular weight is 287 g/mol. The van der Waals surface area contributed by atoms with E-state index in [1.54, 1.807) is 0 Å². The van der Waals surface area contributed by atoms with Crippen molar-refractivity contribution in [2.24, 2.45) is 0 Å². The average Bonchev–Trinajstić information content (AvgIpc) is 2.70. The molecule has 0 aliphatic rings. The minimum absolute atomic E-state index is 0.212. The molecule has 1 unspecified atom stereocenters. The van der Waals surface area contributed by atoms with Crippen molar-refractivity contribution in [2.75, 3.05) is 7.05 Å². The van der Waals surface area contributed by atoms with Crippen molar-refractivity contribution in [2.45, 2.75) is 46.1 Å². The Kier molecular flexibility index (Phi) is 4.36. The summed E-state index contributed by atoms with van der Waals surface area (Å²) in [6, 6.07) is 11.6. The van der Waals surface area contributed by atoms with E-state index in [4.69, 9.17) is 0 Å². The Labute approximate surface area is 127 Å². The predicted octanol–water partition coefficient (Wildman–Crippen LogP) is 4.97. The van der Waals surface area contributed by atoms with Crippen LogP contribution in [0.1, 0.15) is 53.3 Å². The molecular formula is C18H25NS. The predicted molar refractivity (Wildman–Crippen MR) is 89.8 cm³/mol. The number of nitrogens with one attached hydrogen (secondary N) is 1. The summed E-state index contributed by atoms with van der Waals surface area (Å²) >= 11 is 1.89. The molecule has 2 aromatic rings. The highest BCUT2D eigenvalue weighted by molar-refractivity contribution is 7.12. The van der Waals surface area contributed by atoms with Gasteiger partial charge in [-0.05, 0) is 49.1 Å². The Morgan fingerprint density at radius 2 is 1.65 bits per heavy atom. The highest BCUT2D eigenvalue weighted by Gasteiger charge is 2.17. The van der Waals surface area contributed by atoms with Crippen LogP contribution in [-0.2, 0) is 5.41 Å². The minimum Gasteiger partial charge on any atom is -0.309 e. The number of thiophene rings is 1. The fourth-order valence-electron chi connectivity index (χ4n) is 2.39. The van der Waals surface area contributed by atoms with Crippen LogP contribution in [0.2, 0.25) is 0 Å². The van der Waals surface area contributed by atoms with Gasteiger partial charge < -0.3 is 5.32 Å². The summed E-state index contributed by atoms with van der Waals surface area (Å²) < 4.78 is 0. The van der Waals surface area contributed by atoms with Crippen LogP contribution in [0.25, 0.3) is 0 Å². The van der Waals surface area contributed by atoms with Gasteiger partial charge in [0.25, 0.3) is 0 Å². The summed E-state index contributed by atoms with van der Waals surface area (Å²) in [4.78, 5) is 2.80. The quantitative estimate of drug-likeness (QED) is 0.840. The Hall–Kier alpha value is -1.12. The van der Waals surface area contributed by atoms with Crippen molar-refractivity contribution >= 4 is 11.3 Å². The molecule has 1 aromatic heterocycles. The van der Waals surface area contributed by atoms with Crippen molar-refractivity contribution in [3.8, 4) is 0 Å². The van der Waals surface area contributed by atoms with Crippen LogP contribution < -0.4 is 5.32 Å². The number of benzene rings is 1. The zero-order chi connectivity index (χ0) is 14.9. The van der Waals surface area contributed by atoms with Gasteiger partial charge in [-0.15, -0.1) is 11.3 Å². The Morgan fingerprint density at radius 3 is 2.05 bits per heavy atom. The first-order chi connectivity index (χ1) is 9.32. The lowest BCUT2D eigenvalue weighted by atomic mass is 9.86. The van der Waals surface area contributed by atoms with Crippen molar-refractivity contribution in [3.63, 3.8) is 0 Å². The maximum atomic E-state index is 3.44. The van der Waals surface area contributed by atoms with Crippen LogP contribution in [0.5, 0.6) is 0 Å². The van der Waals surface area contributed by atoms with E-state index in [-0.39, 0.29) is 5.41 Å². The molecule has 0 fully saturated rings. The Bertz CT molecular complexity index is 553. The molecule has 1 atom stereocenters. The first kappa shape index (κ1) is 15.3.